The molecule has 0 aromatic heterocycles. The summed E-state index contributed by atoms with van der Waals surface area (Å²) >= 11 is 0. The fraction of sp³-hybridized carbons (Fsp3) is 0.714. The van der Waals surface area contributed by atoms with Gasteiger partial charge >= 0.3 is 12.1 Å². The van der Waals surface area contributed by atoms with E-state index < -0.39 is 24.7 Å². The normalized spacial score (nSPS) is 11.2. The SMILES string of the molecule is CC(C)N(CC#N)C(=O)C(F)(F)F. The highest BCUT2D eigenvalue weighted by atomic mass is 19.4. The zero-order valence-corrected chi connectivity index (χ0v) is 7.22. The number of alkyl halides is 3. The minimum Gasteiger partial charge on any atom is -0.319 e. The van der Waals surface area contributed by atoms with Gasteiger partial charge in [-0.05, 0) is 13.8 Å². The molecule has 0 unspecified atom stereocenters. The summed E-state index contributed by atoms with van der Waals surface area (Å²) in [5.74, 6) is -1.97. The molecule has 0 N–H and O–H groups in total. The van der Waals surface area contributed by atoms with E-state index in [0.29, 0.717) is 4.90 Å². The number of hydrogen-bond acceptors (Lipinski definition) is 2. The van der Waals surface area contributed by atoms with E-state index in [2.05, 4.69) is 0 Å². The van der Waals surface area contributed by atoms with Crippen LogP contribution in [0.2, 0.25) is 0 Å². The van der Waals surface area contributed by atoms with Crippen LogP contribution >= 0.6 is 0 Å². The number of hydrogen-bond donors (Lipinski definition) is 0. The second kappa shape index (κ2) is 4.12. The van der Waals surface area contributed by atoms with Crippen LogP contribution in [0.15, 0.2) is 0 Å². The van der Waals surface area contributed by atoms with Gasteiger partial charge in [0.25, 0.3) is 0 Å². The highest BCUT2D eigenvalue weighted by molar-refractivity contribution is 5.82. The summed E-state index contributed by atoms with van der Waals surface area (Å²) in [6.07, 6.45) is -4.90. The Morgan fingerprint density at radius 2 is 2.00 bits per heavy atom. The van der Waals surface area contributed by atoms with E-state index in [1.807, 2.05) is 0 Å². The van der Waals surface area contributed by atoms with Crippen LogP contribution in [0, 0.1) is 11.3 Å². The zero-order valence-electron chi connectivity index (χ0n) is 7.22. The molecule has 0 heterocycles. The highest BCUT2D eigenvalue weighted by Gasteiger charge is 2.43. The molecule has 0 aliphatic carbocycles. The Hall–Kier alpha value is -1.25. The van der Waals surface area contributed by atoms with Gasteiger partial charge in [0.15, 0.2) is 0 Å². The van der Waals surface area contributed by atoms with Crippen LogP contribution in [0.5, 0.6) is 0 Å². The van der Waals surface area contributed by atoms with E-state index in [4.69, 9.17) is 5.26 Å². The lowest BCUT2D eigenvalue weighted by Gasteiger charge is -2.24. The summed E-state index contributed by atoms with van der Waals surface area (Å²) in [5.41, 5.74) is 0. The third kappa shape index (κ3) is 3.32. The van der Waals surface area contributed by atoms with E-state index >= 15 is 0 Å². The molecule has 0 atom stereocenters. The van der Waals surface area contributed by atoms with Crippen LogP contribution in [0.25, 0.3) is 0 Å². The first-order chi connectivity index (χ1) is 5.80. The van der Waals surface area contributed by atoms with Crippen LogP contribution in [-0.4, -0.2) is 29.6 Å². The van der Waals surface area contributed by atoms with Crippen molar-refractivity contribution in [1.29, 1.82) is 5.26 Å². The topological polar surface area (TPSA) is 44.1 Å². The molecule has 0 aromatic carbocycles. The van der Waals surface area contributed by atoms with Crippen LogP contribution in [0.1, 0.15) is 13.8 Å². The smallest absolute Gasteiger partial charge is 0.319 e. The van der Waals surface area contributed by atoms with Crippen molar-refractivity contribution in [3.63, 3.8) is 0 Å². The highest BCUT2D eigenvalue weighted by Crippen LogP contribution is 2.19. The Balaban J connectivity index is 4.59. The summed E-state index contributed by atoms with van der Waals surface area (Å²) in [6, 6.07) is 0.876. The number of carbonyl (C=O) groups excluding carboxylic acids is 1. The first kappa shape index (κ1) is 11.8. The van der Waals surface area contributed by atoms with Crippen molar-refractivity contribution < 1.29 is 18.0 Å². The minimum atomic E-state index is -4.90. The number of rotatable bonds is 2. The molecule has 0 saturated heterocycles. The molecule has 0 bridgehead atoms. The number of nitrogens with zero attached hydrogens (tertiary/aromatic N) is 2. The van der Waals surface area contributed by atoms with Gasteiger partial charge in [0.1, 0.15) is 6.54 Å². The van der Waals surface area contributed by atoms with E-state index in [1.165, 1.54) is 19.9 Å². The maximum absolute atomic E-state index is 11.9. The number of amides is 1. The van der Waals surface area contributed by atoms with Crippen LogP contribution in [-0.2, 0) is 4.79 Å². The van der Waals surface area contributed by atoms with E-state index in [0.717, 1.165) is 0 Å². The molecule has 3 nitrogen and oxygen atoms in total. The standard InChI is InChI=1S/C7H9F3N2O/c1-5(2)12(4-3-11)6(13)7(8,9)10/h5H,4H2,1-2H3. The Labute approximate surface area is 73.7 Å². The van der Waals surface area contributed by atoms with E-state index in [1.54, 1.807) is 0 Å². The summed E-state index contributed by atoms with van der Waals surface area (Å²) < 4.78 is 35.6. The predicted molar refractivity (Wildman–Crippen MR) is 38.5 cm³/mol. The van der Waals surface area contributed by atoms with E-state index in [-0.39, 0.29) is 0 Å². The first-order valence-electron chi connectivity index (χ1n) is 3.55. The van der Waals surface area contributed by atoms with Gasteiger partial charge in [-0.25, -0.2) is 0 Å². The lowest BCUT2D eigenvalue weighted by molar-refractivity contribution is -0.186. The molecule has 0 radical (unpaired) electrons. The molecule has 0 spiro atoms. The number of carbonyl (C=O) groups is 1. The Morgan fingerprint density at radius 1 is 1.54 bits per heavy atom. The van der Waals surface area contributed by atoms with Gasteiger partial charge < -0.3 is 4.90 Å². The molecule has 13 heavy (non-hydrogen) atoms. The third-order valence-corrected chi connectivity index (χ3v) is 1.37. The molecule has 74 valence electrons. The monoisotopic (exact) mass is 194 g/mol. The van der Waals surface area contributed by atoms with Gasteiger partial charge in [0.2, 0.25) is 0 Å². The molecular weight excluding hydrogens is 185 g/mol. The lowest BCUT2D eigenvalue weighted by Crippen LogP contribution is -2.45. The lowest BCUT2D eigenvalue weighted by atomic mass is 10.3. The predicted octanol–water partition coefficient (Wildman–Crippen LogP) is 1.31. The van der Waals surface area contributed by atoms with Crippen LogP contribution in [0.4, 0.5) is 13.2 Å². The largest absolute Gasteiger partial charge is 0.471 e. The maximum Gasteiger partial charge on any atom is 0.471 e. The quantitative estimate of drug-likeness (QED) is 0.622. The van der Waals surface area contributed by atoms with Gasteiger partial charge in [-0.2, -0.15) is 18.4 Å². The van der Waals surface area contributed by atoms with Crippen molar-refractivity contribution in [3.8, 4) is 6.07 Å². The second-order valence-corrected chi connectivity index (χ2v) is 2.68. The van der Waals surface area contributed by atoms with Crippen molar-refractivity contribution in [2.24, 2.45) is 0 Å². The van der Waals surface area contributed by atoms with Crippen molar-refractivity contribution in [2.45, 2.75) is 26.1 Å². The van der Waals surface area contributed by atoms with Gasteiger partial charge in [0.05, 0.1) is 6.07 Å². The van der Waals surface area contributed by atoms with Crippen molar-refractivity contribution >= 4 is 5.91 Å². The summed E-state index contributed by atoms with van der Waals surface area (Å²) in [7, 11) is 0. The third-order valence-electron chi connectivity index (χ3n) is 1.37. The van der Waals surface area contributed by atoms with Crippen LogP contribution < -0.4 is 0 Å². The van der Waals surface area contributed by atoms with Gasteiger partial charge in [0, 0.05) is 6.04 Å². The van der Waals surface area contributed by atoms with Crippen molar-refractivity contribution in [1.82, 2.24) is 4.90 Å². The van der Waals surface area contributed by atoms with Crippen molar-refractivity contribution in [2.75, 3.05) is 6.54 Å². The number of nitriles is 1. The van der Waals surface area contributed by atoms with Gasteiger partial charge in [-0.1, -0.05) is 0 Å². The Kier molecular flexibility index (Phi) is 3.72. The average Bonchev–Trinajstić information content (AvgIpc) is 1.96. The zero-order chi connectivity index (χ0) is 10.6. The molecule has 0 aliphatic rings. The molecule has 1 amide bonds. The summed E-state index contributed by atoms with van der Waals surface area (Å²) in [6.45, 7) is 2.29. The van der Waals surface area contributed by atoms with Crippen LogP contribution in [0.3, 0.4) is 0 Å². The Morgan fingerprint density at radius 3 is 2.23 bits per heavy atom. The molecule has 0 aromatic rings. The van der Waals surface area contributed by atoms with E-state index in [9.17, 15) is 18.0 Å². The second-order valence-electron chi connectivity index (χ2n) is 2.68. The molecule has 0 saturated carbocycles. The minimum absolute atomic E-state index is 0.472. The molecule has 0 rings (SSSR count). The molecule has 0 aliphatic heterocycles. The number of halogens is 3. The van der Waals surface area contributed by atoms with Gasteiger partial charge in [-0.15, -0.1) is 0 Å². The fourth-order valence-electron chi connectivity index (χ4n) is 0.728. The molecular formula is C7H9F3N2O. The maximum atomic E-state index is 11.9. The average molecular weight is 194 g/mol. The molecule has 6 heteroatoms. The van der Waals surface area contributed by atoms with Gasteiger partial charge in [-0.3, -0.25) is 4.79 Å². The first-order valence-corrected chi connectivity index (χ1v) is 3.55. The molecule has 0 fully saturated rings. The summed E-state index contributed by atoms with van der Waals surface area (Å²) in [5, 5.41) is 8.19. The van der Waals surface area contributed by atoms with Crippen molar-refractivity contribution in [3.05, 3.63) is 0 Å². The Bertz CT molecular complexity index is 229. The fourth-order valence-corrected chi connectivity index (χ4v) is 0.728. The summed E-state index contributed by atoms with van der Waals surface area (Å²) in [4.78, 5) is 11.1.